The summed E-state index contributed by atoms with van der Waals surface area (Å²) in [5.74, 6) is 1.77. The van der Waals surface area contributed by atoms with Crippen LogP contribution in [0, 0.1) is 6.92 Å². The average molecular weight is 255 g/mol. The predicted molar refractivity (Wildman–Crippen MR) is 77.4 cm³/mol. The van der Waals surface area contributed by atoms with Crippen LogP contribution in [0.25, 0.3) is 0 Å². The Morgan fingerprint density at radius 2 is 2.16 bits per heavy atom. The van der Waals surface area contributed by atoms with Crippen molar-refractivity contribution in [1.29, 1.82) is 0 Å². The molecule has 2 atom stereocenters. The minimum Gasteiger partial charge on any atom is -0.467 e. The molecule has 0 amide bonds. The third-order valence-electron chi connectivity index (χ3n) is 4.15. The summed E-state index contributed by atoms with van der Waals surface area (Å²) in [5, 5.41) is 3.56. The molecule has 3 rings (SSSR count). The van der Waals surface area contributed by atoms with Gasteiger partial charge in [0, 0.05) is 0 Å². The van der Waals surface area contributed by atoms with E-state index in [1.54, 1.807) is 6.26 Å². The molecule has 19 heavy (non-hydrogen) atoms. The van der Waals surface area contributed by atoms with Gasteiger partial charge in [-0.25, -0.2) is 0 Å². The maximum atomic E-state index is 5.67. The number of rotatable bonds is 5. The SMILES string of the molecule is CCNC(CC1Cc2ccccc21)c1occc1C. The number of nitrogens with one attached hydrogen (secondary N) is 1. The molecule has 2 aromatic rings. The zero-order chi connectivity index (χ0) is 13.2. The number of fused-ring (bicyclic) bond motifs is 1. The van der Waals surface area contributed by atoms with Crippen LogP contribution in [0.1, 0.15) is 47.8 Å². The van der Waals surface area contributed by atoms with Gasteiger partial charge in [0.1, 0.15) is 5.76 Å². The molecule has 2 unspecified atom stereocenters. The summed E-state index contributed by atoms with van der Waals surface area (Å²) < 4.78 is 5.67. The first-order chi connectivity index (χ1) is 9.29. The summed E-state index contributed by atoms with van der Waals surface area (Å²) in [6.45, 7) is 5.25. The fourth-order valence-electron chi connectivity index (χ4n) is 3.13. The van der Waals surface area contributed by atoms with Gasteiger partial charge in [-0.05, 0) is 55.0 Å². The summed E-state index contributed by atoms with van der Waals surface area (Å²) >= 11 is 0. The topological polar surface area (TPSA) is 25.2 Å². The van der Waals surface area contributed by atoms with Crippen LogP contribution in [-0.2, 0) is 6.42 Å². The molecular weight excluding hydrogens is 234 g/mol. The van der Waals surface area contributed by atoms with Crippen molar-refractivity contribution in [3.8, 4) is 0 Å². The van der Waals surface area contributed by atoms with E-state index in [1.807, 2.05) is 6.07 Å². The molecule has 2 heteroatoms. The monoisotopic (exact) mass is 255 g/mol. The second-order valence-electron chi connectivity index (χ2n) is 5.41. The summed E-state index contributed by atoms with van der Waals surface area (Å²) in [7, 11) is 0. The van der Waals surface area contributed by atoms with Crippen molar-refractivity contribution in [1.82, 2.24) is 5.32 Å². The normalized spacial score (nSPS) is 18.7. The predicted octanol–water partition coefficient (Wildman–Crippen LogP) is 3.97. The van der Waals surface area contributed by atoms with Crippen LogP contribution >= 0.6 is 0 Å². The Hall–Kier alpha value is -1.54. The number of hydrogen-bond acceptors (Lipinski definition) is 2. The summed E-state index contributed by atoms with van der Waals surface area (Å²) in [5.41, 5.74) is 4.28. The molecule has 0 bridgehead atoms. The molecule has 1 aromatic heterocycles. The minimum atomic E-state index is 0.332. The van der Waals surface area contributed by atoms with Crippen LogP contribution in [0.4, 0.5) is 0 Å². The lowest BCUT2D eigenvalue weighted by Gasteiger charge is -2.33. The van der Waals surface area contributed by atoms with E-state index < -0.39 is 0 Å². The summed E-state index contributed by atoms with van der Waals surface area (Å²) in [4.78, 5) is 0. The van der Waals surface area contributed by atoms with E-state index in [0.717, 1.165) is 18.7 Å². The van der Waals surface area contributed by atoms with Crippen molar-refractivity contribution in [2.45, 2.75) is 38.6 Å². The van der Waals surface area contributed by atoms with Crippen molar-refractivity contribution in [2.24, 2.45) is 0 Å². The maximum Gasteiger partial charge on any atom is 0.123 e. The fourth-order valence-corrected chi connectivity index (χ4v) is 3.13. The highest BCUT2D eigenvalue weighted by molar-refractivity contribution is 5.40. The van der Waals surface area contributed by atoms with E-state index in [2.05, 4.69) is 43.4 Å². The maximum absolute atomic E-state index is 5.67. The fraction of sp³-hybridized carbons (Fsp3) is 0.412. The molecule has 0 saturated carbocycles. The first-order valence-electron chi connectivity index (χ1n) is 7.14. The Kier molecular flexibility index (Phi) is 3.43. The van der Waals surface area contributed by atoms with Crippen LogP contribution in [0.5, 0.6) is 0 Å². The molecule has 0 aliphatic heterocycles. The largest absolute Gasteiger partial charge is 0.467 e. The lowest BCUT2D eigenvalue weighted by atomic mass is 9.74. The standard InChI is InChI=1S/C17H21NO/c1-3-18-16(17-12(2)8-9-19-17)11-14-10-13-6-4-5-7-15(13)14/h4-9,14,16,18H,3,10-11H2,1-2H3. The zero-order valence-electron chi connectivity index (χ0n) is 11.6. The van der Waals surface area contributed by atoms with E-state index in [9.17, 15) is 0 Å². The number of aryl methyl sites for hydroxylation is 1. The van der Waals surface area contributed by atoms with E-state index in [-0.39, 0.29) is 0 Å². The van der Waals surface area contributed by atoms with Crippen molar-refractivity contribution in [3.05, 3.63) is 59.0 Å². The molecule has 100 valence electrons. The van der Waals surface area contributed by atoms with Gasteiger partial charge in [-0.2, -0.15) is 0 Å². The van der Waals surface area contributed by atoms with E-state index in [0.29, 0.717) is 12.0 Å². The van der Waals surface area contributed by atoms with Gasteiger partial charge in [0.25, 0.3) is 0 Å². The van der Waals surface area contributed by atoms with Crippen molar-refractivity contribution >= 4 is 0 Å². The second-order valence-corrected chi connectivity index (χ2v) is 5.41. The summed E-state index contributed by atoms with van der Waals surface area (Å²) in [6.07, 6.45) is 4.13. The van der Waals surface area contributed by atoms with Gasteiger partial charge in [0.05, 0.1) is 12.3 Å². The van der Waals surface area contributed by atoms with E-state index in [4.69, 9.17) is 4.42 Å². The molecule has 1 aliphatic carbocycles. The zero-order valence-corrected chi connectivity index (χ0v) is 11.6. The van der Waals surface area contributed by atoms with Crippen LogP contribution in [0.2, 0.25) is 0 Å². The summed E-state index contributed by atoms with van der Waals surface area (Å²) in [6, 6.07) is 11.2. The Balaban J connectivity index is 1.76. The highest BCUT2D eigenvalue weighted by Gasteiger charge is 2.29. The van der Waals surface area contributed by atoms with Crippen LogP contribution in [-0.4, -0.2) is 6.54 Å². The molecular formula is C17H21NO. The molecule has 1 N–H and O–H groups in total. The second kappa shape index (κ2) is 5.22. The number of furan rings is 1. The Labute approximate surface area is 114 Å². The third-order valence-corrected chi connectivity index (χ3v) is 4.15. The minimum absolute atomic E-state index is 0.332. The highest BCUT2D eigenvalue weighted by atomic mass is 16.3. The number of benzene rings is 1. The molecule has 0 fully saturated rings. The van der Waals surface area contributed by atoms with Crippen molar-refractivity contribution in [2.75, 3.05) is 6.54 Å². The molecule has 1 aliphatic rings. The van der Waals surface area contributed by atoms with Gasteiger partial charge in [0.2, 0.25) is 0 Å². The Morgan fingerprint density at radius 3 is 2.84 bits per heavy atom. The van der Waals surface area contributed by atoms with Crippen molar-refractivity contribution in [3.63, 3.8) is 0 Å². The molecule has 1 aromatic carbocycles. The Bertz CT molecular complexity index is 558. The third kappa shape index (κ3) is 2.33. The van der Waals surface area contributed by atoms with Crippen LogP contribution in [0.15, 0.2) is 41.0 Å². The van der Waals surface area contributed by atoms with Crippen molar-refractivity contribution < 1.29 is 4.42 Å². The quantitative estimate of drug-likeness (QED) is 0.874. The van der Waals surface area contributed by atoms with E-state index >= 15 is 0 Å². The van der Waals surface area contributed by atoms with Gasteiger partial charge in [0.15, 0.2) is 0 Å². The van der Waals surface area contributed by atoms with Crippen LogP contribution < -0.4 is 5.32 Å². The molecule has 2 nitrogen and oxygen atoms in total. The van der Waals surface area contributed by atoms with Gasteiger partial charge in [-0.3, -0.25) is 0 Å². The smallest absolute Gasteiger partial charge is 0.123 e. The van der Waals surface area contributed by atoms with Gasteiger partial charge in [-0.1, -0.05) is 31.2 Å². The van der Waals surface area contributed by atoms with Gasteiger partial charge in [-0.15, -0.1) is 0 Å². The number of hydrogen-bond donors (Lipinski definition) is 1. The molecule has 0 saturated heterocycles. The van der Waals surface area contributed by atoms with Crippen LogP contribution in [0.3, 0.4) is 0 Å². The molecule has 1 heterocycles. The van der Waals surface area contributed by atoms with Gasteiger partial charge >= 0.3 is 0 Å². The lowest BCUT2D eigenvalue weighted by Crippen LogP contribution is -2.27. The first-order valence-corrected chi connectivity index (χ1v) is 7.14. The average Bonchev–Trinajstić information content (AvgIpc) is 2.81. The highest BCUT2D eigenvalue weighted by Crippen LogP contribution is 2.41. The first kappa shape index (κ1) is 12.5. The lowest BCUT2D eigenvalue weighted by molar-refractivity contribution is 0.365. The molecule has 0 radical (unpaired) electrons. The van der Waals surface area contributed by atoms with E-state index in [1.165, 1.54) is 23.1 Å². The molecule has 0 spiro atoms. The Morgan fingerprint density at radius 1 is 1.32 bits per heavy atom. The van der Waals surface area contributed by atoms with Gasteiger partial charge < -0.3 is 9.73 Å².